The molecule has 3 nitrogen and oxygen atoms in total. The maximum absolute atomic E-state index is 2.69. The van der Waals surface area contributed by atoms with Crippen molar-refractivity contribution in [1.29, 1.82) is 0 Å². The Morgan fingerprint density at radius 2 is 0.424 bits per heavy atom. The average molecular weight is 468 g/mol. The van der Waals surface area contributed by atoms with Crippen molar-refractivity contribution in [3.8, 4) is 0 Å². The van der Waals surface area contributed by atoms with Gasteiger partial charge in [-0.25, -0.2) is 0 Å². The van der Waals surface area contributed by atoms with Crippen LogP contribution in [0.15, 0.2) is 0 Å². The molecule has 0 heterocycles. The van der Waals surface area contributed by atoms with Crippen LogP contribution in [0.4, 0.5) is 0 Å². The predicted molar refractivity (Wildman–Crippen MR) is 152 cm³/mol. The molecule has 0 aromatic rings. The molecular weight excluding hydrogens is 402 g/mol. The van der Waals surface area contributed by atoms with E-state index in [1.807, 2.05) is 0 Å². The zero-order chi connectivity index (χ0) is 24.4. The van der Waals surface area contributed by atoms with Crippen LogP contribution in [0.2, 0.25) is 0 Å². The van der Waals surface area contributed by atoms with Crippen molar-refractivity contribution >= 4 is 0 Å². The van der Waals surface area contributed by atoms with E-state index >= 15 is 0 Å². The molecule has 0 aliphatic carbocycles. The molecule has 0 saturated carbocycles. The second-order valence-corrected chi connectivity index (χ2v) is 10.1. The minimum atomic E-state index is 1.21. The lowest BCUT2D eigenvalue weighted by Crippen LogP contribution is -2.25. The molecule has 0 fully saturated rings. The van der Waals surface area contributed by atoms with Crippen LogP contribution >= 0.6 is 0 Å². The highest BCUT2D eigenvalue weighted by Crippen LogP contribution is 2.12. The molecule has 200 valence electrons. The molecule has 0 rings (SSSR count). The molecule has 0 aromatic heterocycles. The molecule has 0 saturated heterocycles. The molecule has 0 amide bonds. The zero-order valence-corrected chi connectivity index (χ0v) is 24.0. The van der Waals surface area contributed by atoms with Gasteiger partial charge in [0.05, 0.1) is 0 Å². The van der Waals surface area contributed by atoms with E-state index in [0.717, 1.165) is 0 Å². The minimum absolute atomic E-state index is 1.21. The van der Waals surface area contributed by atoms with Crippen molar-refractivity contribution < 1.29 is 0 Å². The Morgan fingerprint density at radius 3 is 0.636 bits per heavy atom. The molecule has 0 radical (unpaired) electrons. The SMILES string of the molecule is CCN(CC)CCCCCCCCCCN(CC)CCCCCCCCCCN(CC)CC. The van der Waals surface area contributed by atoms with Crippen molar-refractivity contribution in [3.63, 3.8) is 0 Å². The van der Waals surface area contributed by atoms with Crippen LogP contribution in [0, 0.1) is 0 Å². The molecule has 0 N–H and O–H groups in total. The van der Waals surface area contributed by atoms with Crippen LogP contribution in [-0.4, -0.2) is 73.6 Å². The van der Waals surface area contributed by atoms with Crippen LogP contribution in [0.3, 0.4) is 0 Å². The van der Waals surface area contributed by atoms with Crippen LogP contribution in [0.1, 0.15) is 137 Å². The van der Waals surface area contributed by atoms with Gasteiger partial charge < -0.3 is 14.7 Å². The molecule has 33 heavy (non-hydrogen) atoms. The Morgan fingerprint density at radius 1 is 0.242 bits per heavy atom. The number of hydrogen-bond donors (Lipinski definition) is 0. The molecule has 0 aliphatic rings. The first-order chi connectivity index (χ1) is 16.2. The summed E-state index contributed by atoms with van der Waals surface area (Å²) in [7, 11) is 0. The highest BCUT2D eigenvalue weighted by atomic mass is 15.1. The third kappa shape index (κ3) is 22.1. The topological polar surface area (TPSA) is 9.72 Å². The van der Waals surface area contributed by atoms with Gasteiger partial charge in [-0.1, -0.05) is 112 Å². The van der Waals surface area contributed by atoms with Crippen molar-refractivity contribution in [1.82, 2.24) is 14.7 Å². The van der Waals surface area contributed by atoms with Gasteiger partial charge in [0.15, 0.2) is 0 Å². The molecule has 0 unspecified atom stereocenters. The van der Waals surface area contributed by atoms with Crippen LogP contribution in [-0.2, 0) is 0 Å². The van der Waals surface area contributed by atoms with Crippen LogP contribution in [0.25, 0.3) is 0 Å². The van der Waals surface area contributed by atoms with E-state index in [0.29, 0.717) is 0 Å². The normalized spacial score (nSPS) is 12.0. The predicted octanol–water partition coefficient (Wildman–Crippen LogP) is 8.23. The van der Waals surface area contributed by atoms with Gasteiger partial charge in [-0.2, -0.15) is 0 Å². The van der Waals surface area contributed by atoms with Gasteiger partial charge >= 0.3 is 0 Å². The summed E-state index contributed by atoms with van der Waals surface area (Å²) >= 11 is 0. The van der Waals surface area contributed by atoms with E-state index in [4.69, 9.17) is 0 Å². The van der Waals surface area contributed by atoms with Gasteiger partial charge in [0.1, 0.15) is 0 Å². The molecule has 3 heteroatoms. The summed E-state index contributed by atoms with van der Waals surface area (Å²) in [4.78, 5) is 7.80. The van der Waals surface area contributed by atoms with E-state index < -0.39 is 0 Å². The lowest BCUT2D eigenvalue weighted by atomic mass is 10.1. The van der Waals surface area contributed by atoms with E-state index in [1.165, 1.54) is 162 Å². The van der Waals surface area contributed by atoms with Gasteiger partial charge in [0.2, 0.25) is 0 Å². The third-order valence-corrected chi connectivity index (χ3v) is 7.63. The van der Waals surface area contributed by atoms with Gasteiger partial charge in [0, 0.05) is 0 Å². The Balaban J connectivity index is 3.38. The summed E-state index contributed by atoms with van der Waals surface area (Å²) < 4.78 is 0. The number of unbranched alkanes of at least 4 members (excludes halogenated alkanes) is 14. The van der Waals surface area contributed by atoms with Gasteiger partial charge in [0.25, 0.3) is 0 Å². The Hall–Kier alpha value is -0.120. The van der Waals surface area contributed by atoms with Crippen molar-refractivity contribution in [2.75, 3.05) is 58.9 Å². The Bertz CT molecular complexity index is 320. The fourth-order valence-electron chi connectivity index (χ4n) is 4.97. The Kier molecular flexibility index (Phi) is 26.4. The second-order valence-electron chi connectivity index (χ2n) is 10.1. The highest BCUT2D eigenvalue weighted by molar-refractivity contribution is 4.58. The van der Waals surface area contributed by atoms with Crippen molar-refractivity contribution in [2.45, 2.75) is 137 Å². The fourth-order valence-corrected chi connectivity index (χ4v) is 4.97. The fraction of sp³-hybridized carbons (Fsp3) is 1.00. The van der Waals surface area contributed by atoms with Crippen LogP contribution in [0.5, 0.6) is 0 Å². The van der Waals surface area contributed by atoms with E-state index in [9.17, 15) is 0 Å². The summed E-state index contributed by atoms with van der Waals surface area (Å²) in [6, 6.07) is 0. The molecular formula is C30H65N3. The monoisotopic (exact) mass is 468 g/mol. The molecule has 0 aromatic carbocycles. The third-order valence-electron chi connectivity index (χ3n) is 7.63. The van der Waals surface area contributed by atoms with Gasteiger partial charge in [-0.3, -0.25) is 0 Å². The van der Waals surface area contributed by atoms with Gasteiger partial charge in [-0.15, -0.1) is 0 Å². The molecule has 0 atom stereocenters. The van der Waals surface area contributed by atoms with Crippen molar-refractivity contribution in [3.05, 3.63) is 0 Å². The highest BCUT2D eigenvalue weighted by Gasteiger charge is 2.03. The molecule has 0 bridgehead atoms. The Labute approximate surface area is 211 Å². The van der Waals surface area contributed by atoms with Crippen LogP contribution < -0.4 is 0 Å². The zero-order valence-electron chi connectivity index (χ0n) is 24.0. The van der Waals surface area contributed by atoms with E-state index in [1.54, 1.807) is 0 Å². The quantitative estimate of drug-likeness (QED) is 0.113. The number of rotatable bonds is 27. The summed E-state index contributed by atoms with van der Waals surface area (Å²) in [6.45, 7) is 22.8. The maximum Gasteiger partial charge on any atom is -0.00189 e. The lowest BCUT2D eigenvalue weighted by molar-refractivity contribution is 0.273. The summed E-state index contributed by atoms with van der Waals surface area (Å²) in [5, 5.41) is 0. The standard InChI is InChI=1S/C30H65N3/c1-6-31(7-2)27-23-19-15-11-13-17-21-25-29-33(10-5)30-26-22-18-14-12-16-20-24-28-32(8-3)9-4/h6-30H2,1-5H3. The second kappa shape index (κ2) is 26.5. The van der Waals surface area contributed by atoms with E-state index in [2.05, 4.69) is 49.3 Å². The first-order valence-electron chi connectivity index (χ1n) is 15.4. The summed E-state index contributed by atoms with van der Waals surface area (Å²) in [6.07, 6.45) is 22.9. The molecule has 0 aliphatic heterocycles. The summed E-state index contributed by atoms with van der Waals surface area (Å²) in [5.41, 5.74) is 0. The number of nitrogens with zero attached hydrogens (tertiary/aromatic N) is 3. The molecule has 0 spiro atoms. The maximum atomic E-state index is 2.69. The minimum Gasteiger partial charge on any atom is -0.304 e. The smallest absolute Gasteiger partial charge is 0.00189 e. The van der Waals surface area contributed by atoms with E-state index in [-0.39, 0.29) is 0 Å². The first-order valence-corrected chi connectivity index (χ1v) is 15.4. The van der Waals surface area contributed by atoms with Crippen molar-refractivity contribution in [2.24, 2.45) is 0 Å². The number of hydrogen-bond acceptors (Lipinski definition) is 3. The average Bonchev–Trinajstić information content (AvgIpc) is 2.84. The lowest BCUT2D eigenvalue weighted by Gasteiger charge is -2.20. The summed E-state index contributed by atoms with van der Waals surface area (Å²) in [5.74, 6) is 0. The van der Waals surface area contributed by atoms with Gasteiger partial charge in [-0.05, 0) is 84.6 Å². The first kappa shape index (κ1) is 32.9. The largest absolute Gasteiger partial charge is 0.304 e.